The first-order valence-electron chi connectivity index (χ1n) is 8.60. The topological polar surface area (TPSA) is 108 Å². The van der Waals surface area contributed by atoms with Crippen molar-refractivity contribution in [2.75, 3.05) is 6.54 Å². The Balaban J connectivity index is 1.45. The predicted molar refractivity (Wildman–Crippen MR) is 101 cm³/mol. The van der Waals surface area contributed by atoms with Crippen molar-refractivity contribution in [3.05, 3.63) is 60.3 Å². The molecule has 1 N–H and O–H groups in total. The number of carbonyl (C=O) groups excluding carboxylic acids is 1. The van der Waals surface area contributed by atoms with E-state index in [1.54, 1.807) is 35.5 Å². The molecule has 3 aromatic rings. The molecule has 0 atom stereocenters. The Morgan fingerprint density at radius 3 is 2.64 bits per heavy atom. The van der Waals surface area contributed by atoms with E-state index >= 15 is 0 Å². The smallest absolute Gasteiger partial charge is 0.307 e. The quantitative estimate of drug-likeness (QED) is 0.569. The number of nitrogens with zero attached hydrogens (tertiary/aromatic N) is 4. The normalized spacial score (nSPS) is 11.5. The van der Waals surface area contributed by atoms with Crippen LogP contribution < -0.4 is 4.72 Å². The minimum absolute atomic E-state index is 0.0187. The molecule has 0 saturated heterocycles. The molecule has 1 aromatic carbocycles. The second kappa shape index (κ2) is 8.36. The second-order valence-corrected chi connectivity index (χ2v) is 7.85. The van der Waals surface area contributed by atoms with Gasteiger partial charge in [0.15, 0.2) is 5.03 Å². The molecule has 3 rings (SSSR count). The first kappa shape index (κ1) is 19.8. The molecule has 0 radical (unpaired) electrons. The molecule has 9 nitrogen and oxygen atoms in total. The van der Waals surface area contributed by atoms with Crippen molar-refractivity contribution >= 4 is 16.0 Å². The van der Waals surface area contributed by atoms with E-state index in [9.17, 15) is 13.2 Å². The maximum atomic E-state index is 12.1. The average molecular weight is 403 g/mol. The Kier molecular flexibility index (Phi) is 5.90. The van der Waals surface area contributed by atoms with Gasteiger partial charge < -0.3 is 9.30 Å². The number of benzene rings is 1. The first-order chi connectivity index (χ1) is 13.3. The molecular formula is C18H21N5O4S. The predicted octanol–water partition coefficient (Wildman–Crippen LogP) is 1.33. The lowest BCUT2D eigenvalue weighted by molar-refractivity contribution is -0.144. The maximum absolute atomic E-state index is 12.1. The van der Waals surface area contributed by atoms with Crippen LogP contribution in [0.3, 0.4) is 0 Å². The highest BCUT2D eigenvalue weighted by atomic mass is 32.2. The van der Waals surface area contributed by atoms with E-state index in [-0.39, 0.29) is 24.6 Å². The van der Waals surface area contributed by atoms with Crippen molar-refractivity contribution < 1.29 is 17.9 Å². The summed E-state index contributed by atoms with van der Waals surface area (Å²) in [5, 5.41) is 4.26. The lowest BCUT2D eigenvalue weighted by Gasteiger charge is -2.05. The van der Waals surface area contributed by atoms with Crippen LogP contribution in [0, 0.1) is 6.92 Å². The zero-order chi connectivity index (χ0) is 20.1. The number of esters is 1. The SMILES string of the molecule is Cc1nc(S(=O)(=O)NCCC(=O)OCc2ccn(-c3ccccc3)n2)cn1C. The van der Waals surface area contributed by atoms with E-state index in [4.69, 9.17) is 4.74 Å². The van der Waals surface area contributed by atoms with Gasteiger partial charge in [-0.15, -0.1) is 0 Å². The maximum Gasteiger partial charge on any atom is 0.307 e. The van der Waals surface area contributed by atoms with Crippen LogP contribution in [-0.4, -0.2) is 40.3 Å². The van der Waals surface area contributed by atoms with E-state index in [2.05, 4.69) is 14.8 Å². The van der Waals surface area contributed by atoms with Crippen molar-refractivity contribution in [2.24, 2.45) is 7.05 Å². The number of hydrogen-bond donors (Lipinski definition) is 1. The van der Waals surface area contributed by atoms with E-state index in [0.29, 0.717) is 11.5 Å². The molecule has 10 heteroatoms. The highest BCUT2D eigenvalue weighted by Crippen LogP contribution is 2.09. The third-order valence-corrected chi connectivity index (χ3v) is 5.36. The highest BCUT2D eigenvalue weighted by molar-refractivity contribution is 7.89. The fourth-order valence-electron chi connectivity index (χ4n) is 2.41. The molecule has 0 spiro atoms. The molecule has 0 bridgehead atoms. The molecule has 0 amide bonds. The molecule has 0 aliphatic carbocycles. The van der Waals surface area contributed by atoms with Crippen molar-refractivity contribution in [1.82, 2.24) is 24.1 Å². The summed E-state index contributed by atoms with van der Waals surface area (Å²) in [6, 6.07) is 11.3. The van der Waals surface area contributed by atoms with Crippen molar-refractivity contribution in [1.29, 1.82) is 0 Å². The lowest BCUT2D eigenvalue weighted by atomic mass is 10.3. The van der Waals surface area contributed by atoms with Gasteiger partial charge in [-0.25, -0.2) is 22.8 Å². The number of carbonyl (C=O) groups is 1. The highest BCUT2D eigenvalue weighted by Gasteiger charge is 2.18. The third kappa shape index (κ3) is 4.84. The summed E-state index contributed by atoms with van der Waals surface area (Å²) in [7, 11) is -2.05. The number of aromatic nitrogens is 4. The minimum atomic E-state index is -3.76. The summed E-state index contributed by atoms with van der Waals surface area (Å²) in [5.74, 6) is 0.0592. The molecule has 148 valence electrons. The van der Waals surface area contributed by atoms with Gasteiger partial charge in [-0.1, -0.05) is 18.2 Å². The second-order valence-electron chi connectivity index (χ2n) is 6.13. The molecule has 28 heavy (non-hydrogen) atoms. The summed E-state index contributed by atoms with van der Waals surface area (Å²) >= 11 is 0. The zero-order valence-electron chi connectivity index (χ0n) is 15.6. The Morgan fingerprint density at radius 2 is 1.96 bits per heavy atom. The third-order valence-electron chi connectivity index (χ3n) is 4.03. The summed E-state index contributed by atoms with van der Waals surface area (Å²) in [6.45, 7) is 1.65. The Morgan fingerprint density at radius 1 is 1.21 bits per heavy atom. The van der Waals surface area contributed by atoms with Gasteiger partial charge in [0, 0.05) is 26.0 Å². The molecule has 0 saturated carbocycles. The Hall–Kier alpha value is -2.98. The zero-order valence-corrected chi connectivity index (χ0v) is 16.4. The Labute approximate surface area is 163 Å². The van der Waals surface area contributed by atoms with Crippen molar-refractivity contribution in [3.8, 4) is 5.69 Å². The van der Waals surface area contributed by atoms with Crippen LogP contribution in [-0.2, 0) is 33.2 Å². The van der Waals surface area contributed by atoms with Crippen LogP contribution in [0.5, 0.6) is 0 Å². The van der Waals surface area contributed by atoms with Gasteiger partial charge in [-0.3, -0.25) is 4.79 Å². The van der Waals surface area contributed by atoms with Gasteiger partial charge in [0.2, 0.25) is 0 Å². The van der Waals surface area contributed by atoms with Gasteiger partial charge in [0.25, 0.3) is 10.0 Å². The molecule has 0 fully saturated rings. The number of ether oxygens (including phenoxy) is 1. The number of hydrogen-bond acceptors (Lipinski definition) is 6. The summed E-state index contributed by atoms with van der Waals surface area (Å²) in [4.78, 5) is 15.8. The van der Waals surface area contributed by atoms with Gasteiger partial charge in [-0.2, -0.15) is 5.10 Å². The monoisotopic (exact) mass is 403 g/mol. The average Bonchev–Trinajstić information content (AvgIpc) is 3.28. The van der Waals surface area contributed by atoms with Crippen molar-refractivity contribution in [3.63, 3.8) is 0 Å². The van der Waals surface area contributed by atoms with Crippen LogP contribution >= 0.6 is 0 Å². The van der Waals surface area contributed by atoms with Crippen LogP contribution in [0.15, 0.2) is 53.8 Å². The van der Waals surface area contributed by atoms with Gasteiger partial charge in [0.1, 0.15) is 18.1 Å². The molecular weight excluding hydrogens is 382 g/mol. The van der Waals surface area contributed by atoms with Crippen LogP contribution in [0.1, 0.15) is 17.9 Å². The minimum Gasteiger partial charge on any atom is -0.459 e. The number of sulfonamides is 1. The fourth-order valence-corrected chi connectivity index (χ4v) is 3.47. The van der Waals surface area contributed by atoms with E-state index < -0.39 is 16.0 Å². The number of imidazole rings is 1. The number of nitrogens with one attached hydrogen (secondary N) is 1. The van der Waals surface area contributed by atoms with Crippen molar-refractivity contribution in [2.45, 2.75) is 25.0 Å². The van der Waals surface area contributed by atoms with Crippen LogP contribution in [0.25, 0.3) is 5.69 Å². The number of para-hydroxylation sites is 1. The molecule has 0 aliphatic heterocycles. The van der Waals surface area contributed by atoms with Gasteiger partial charge >= 0.3 is 5.97 Å². The van der Waals surface area contributed by atoms with Gasteiger partial charge in [-0.05, 0) is 25.1 Å². The van der Waals surface area contributed by atoms with Crippen LogP contribution in [0.2, 0.25) is 0 Å². The molecule has 0 unspecified atom stereocenters. The summed E-state index contributed by atoms with van der Waals surface area (Å²) in [6.07, 6.45) is 3.10. The van der Waals surface area contributed by atoms with E-state index in [1.807, 2.05) is 30.3 Å². The first-order valence-corrected chi connectivity index (χ1v) is 10.1. The fraction of sp³-hybridized carbons (Fsp3) is 0.278. The molecule has 0 aliphatic rings. The standard InChI is InChI=1S/C18H21N5O4S/c1-14-20-17(12-22(14)2)28(25,26)19-10-8-18(24)27-13-15-9-11-23(21-15)16-6-4-3-5-7-16/h3-7,9,11-12,19H,8,10,13H2,1-2H3. The molecule has 2 aromatic heterocycles. The number of aryl methyl sites for hydroxylation is 2. The van der Waals surface area contributed by atoms with E-state index in [0.717, 1.165) is 5.69 Å². The van der Waals surface area contributed by atoms with E-state index in [1.165, 1.54) is 6.20 Å². The Bertz CT molecular complexity index is 1040. The number of rotatable bonds is 8. The van der Waals surface area contributed by atoms with Gasteiger partial charge in [0.05, 0.1) is 12.1 Å². The summed E-state index contributed by atoms with van der Waals surface area (Å²) < 4.78 is 35.1. The molecule has 2 heterocycles. The lowest BCUT2D eigenvalue weighted by Crippen LogP contribution is -2.27. The van der Waals surface area contributed by atoms with Crippen LogP contribution in [0.4, 0.5) is 0 Å². The largest absolute Gasteiger partial charge is 0.459 e. The summed E-state index contributed by atoms with van der Waals surface area (Å²) in [5.41, 5.74) is 1.50.